The minimum Gasteiger partial charge on any atom is -0.476 e. The fraction of sp³-hybridized carbons (Fsp3) is 0.417. The van der Waals surface area contributed by atoms with Crippen molar-refractivity contribution in [2.45, 2.75) is 30.3 Å². The third-order valence-corrected chi connectivity index (χ3v) is 3.94. The Bertz CT molecular complexity index is 663. The van der Waals surface area contributed by atoms with Gasteiger partial charge in [0, 0.05) is 12.6 Å². The summed E-state index contributed by atoms with van der Waals surface area (Å²) in [7, 11) is -4.39. The topological polar surface area (TPSA) is 98.5 Å². The highest BCUT2D eigenvalue weighted by Gasteiger charge is 2.28. The molecule has 1 amide bonds. The summed E-state index contributed by atoms with van der Waals surface area (Å²) in [4.78, 5) is 10.9. The molecule has 1 atom stereocenters. The van der Waals surface area contributed by atoms with E-state index in [9.17, 15) is 22.0 Å². The Balaban J connectivity index is 2.41. The summed E-state index contributed by atoms with van der Waals surface area (Å²) in [5.74, 6) is -3.54. The number of nitrogens with one attached hydrogen (secondary N) is 1. The smallest absolute Gasteiger partial charge is 0.261 e. The zero-order valence-corrected chi connectivity index (χ0v) is 11.8. The van der Waals surface area contributed by atoms with Gasteiger partial charge in [0.05, 0.1) is 0 Å². The Morgan fingerprint density at radius 2 is 2.00 bits per heavy atom. The van der Waals surface area contributed by atoms with Gasteiger partial charge in [0.15, 0.2) is 17.7 Å². The van der Waals surface area contributed by atoms with Gasteiger partial charge in [-0.3, -0.25) is 4.79 Å². The third-order valence-electron chi connectivity index (χ3n) is 3.03. The van der Waals surface area contributed by atoms with Gasteiger partial charge in [-0.2, -0.15) is 0 Å². The number of carbonyl (C=O) groups is 1. The van der Waals surface area contributed by atoms with E-state index < -0.39 is 44.3 Å². The number of nitrogens with two attached hydrogens (primary N) is 1. The summed E-state index contributed by atoms with van der Waals surface area (Å²) in [5, 5.41) is 7.49. The minimum absolute atomic E-state index is 0.298. The first-order valence-electron chi connectivity index (χ1n) is 6.25. The molecule has 21 heavy (non-hydrogen) atoms. The average Bonchev–Trinajstić information content (AvgIpc) is 2.56. The van der Waals surface area contributed by atoms with Crippen molar-refractivity contribution in [2.75, 3.05) is 6.54 Å². The molecule has 3 N–H and O–H groups in total. The van der Waals surface area contributed by atoms with Crippen LogP contribution in [0.5, 0.6) is 5.75 Å². The second kappa shape index (κ2) is 5.94. The molecule has 1 aliphatic rings. The van der Waals surface area contributed by atoms with Gasteiger partial charge >= 0.3 is 0 Å². The highest BCUT2D eigenvalue weighted by atomic mass is 32.2. The Morgan fingerprint density at radius 3 is 2.67 bits per heavy atom. The molecule has 1 heterocycles. The maximum absolute atomic E-state index is 13.8. The monoisotopic (exact) mass is 320 g/mol. The zero-order chi connectivity index (χ0) is 15.6. The molecule has 0 bridgehead atoms. The highest BCUT2D eigenvalue weighted by molar-refractivity contribution is 7.89. The molecule has 1 aromatic rings. The number of primary sulfonamides is 1. The van der Waals surface area contributed by atoms with Crippen LogP contribution in [0.3, 0.4) is 0 Å². The van der Waals surface area contributed by atoms with E-state index in [2.05, 4.69) is 5.32 Å². The number of ether oxygens (including phenoxy) is 1. The van der Waals surface area contributed by atoms with Crippen molar-refractivity contribution >= 4 is 15.9 Å². The van der Waals surface area contributed by atoms with Crippen LogP contribution in [-0.2, 0) is 14.8 Å². The van der Waals surface area contributed by atoms with Crippen molar-refractivity contribution in [3.63, 3.8) is 0 Å². The molecule has 1 unspecified atom stereocenters. The van der Waals surface area contributed by atoms with E-state index in [1.807, 2.05) is 0 Å². The van der Waals surface area contributed by atoms with Crippen LogP contribution >= 0.6 is 0 Å². The molecule has 6 nitrogen and oxygen atoms in total. The van der Waals surface area contributed by atoms with E-state index in [0.717, 1.165) is 6.42 Å². The molecule has 0 spiro atoms. The lowest BCUT2D eigenvalue weighted by atomic mass is 10.2. The van der Waals surface area contributed by atoms with Crippen molar-refractivity contribution in [1.82, 2.24) is 5.32 Å². The summed E-state index contributed by atoms with van der Waals surface area (Å²) in [5.41, 5.74) is 0. The molecule has 0 aliphatic carbocycles. The van der Waals surface area contributed by atoms with E-state index in [1.54, 1.807) is 0 Å². The van der Waals surface area contributed by atoms with E-state index in [4.69, 9.17) is 9.88 Å². The number of rotatable bonds is 3. The number of sulfonamides is 1. The zero-order valence-electron chi connectivity index (χ0n) is 10.9. The lowest BCUT2D eigenvalue weighted by Gasteiger charge is -2.18. The fourth-order valence-corrected chi connectivity index (χ4v) is 2.71. The predicted octanol–water partition coefficient (Wildman–Crippen LogP) is 0.660. The SMILES string of the molecule is NS(=O)(=O)c1cc(F)cc(F)c1OC1CCCCNC1=O. The number of hydrogen-bond acceptors (Lipinski definition) is 4. The lowest BCUT2D eigenvalue weighted by Crippen LogP contribution is -2.37. The molecule has 9 heteroatoms. The summed E-state index contributed by atoms with van der Waals surface area (Å²) in [6, 6.07) is 1.03. The Kier molecular flexibility index (Phi) is 4.43. The van der Waals surface area contributed by atoms with Crippen molar-refractivity contribution in [2.24, 2.45) is 5.14 Å². The fourth-order valence-electron chi connectivity index (χ4n) is 2.03. The maximum atomic E-state index is 13.8. The van der Waals surface area contributed by atoms with Crippen LogP contribution in [0.25, 0.3) is 0 Å². The van der Waals surface area contributed by atoms with Gasteiger partial charge < -0.3 is 10.1 Å². The van der Waals surface area contributed by atoms with Crippen molar-refractivity contribution in [3.8, 4) is 5.75 Å². The predicted molar refractivity (Wildman–Crippen MR) is 69.0 cm³/mol. The van der Waals surface area contributed by atoms with Crippen LogP contribution < -0.4 is 15.2 Å². The van der Waals surface area contributed by atoms with Gasteiger partial charge in [-0.1, -0.05) is 0 Å². The van der Waals surface area contributed by atoms with Crippen molar-refractivity contribution in [3.05, 3.63) is 23.8 Å². The molecular formula is C12H14F2N2O4S. The molecule has 0 radical (unpaired) electrons. The molecule has 116 valence electrons. The highest BCUT2D eigenvalue weighted by Crippen LogP contribution is 2.29. The van der Waals surface area contributed by atoms with E-state index >= 15 is 0 Å². The molecule has 0 saturated carbocycles. The van der Waals surface area contributed by atoms with Crippen LogP contribution in [0.1, 0.15) is 19.3 Å². The molecular weight excluding hydrogens is 306 g/mol. The van der Waals surface area contributed by atoms with Crippen LogP contribution in [0, 0.1) is 11.6 Å². The second-order valence-corrected chi connectivity index (χ2v) is 6.18. The molecule has 2 rings (SSSR count). The molecule has 1 aliphatic heterocycles. The number of benzene rings is 1. The third kappa shape index (κ3) is 3.67. The summed E-state index contributed by atoms with van der Waals surface area (Å²) in [6.07, 6.45) is 0.636. The molecule has 1 saturated heterocycles. The van der Waals surface area contributed by atoms with Crippen LogP contribution in [-0.4, -0.2) is 27.0 Å². The van der Waals surface area contributed by atoms with E-state index in [1.165, 1.54) is 0 Å². The van der Waals surface area contributed by atoms with Crippen molar-refractivity contribution < 1.29 is 26.7 Å². The Labute approximate surface area is 120 Å². The van der Waals surface area contributed by atoms with Crippen LogP contribution in [0.15, 0.2) is 17.0 Å². The molecule has 1 fully saturated rings. The van der Waals surface area contributed by atoms with Gasteiger partial charge in [-0.15, -0.1) is 0 Å². The van der Waals surface area contributed by atoms with Crippen LogP contribution in [0.4, 0.5) is 8.78 Å². The van der Waals surface area contributed by atoms with Gasteiger partial charge in [0.1, 0.15) is 10.7 Å². The van der Waals surface area contributed by atoms with Crippen molar-refractivity contribution in [1.29, 1.82) is 0 Å². The van der Waals surface area contributed by atoms with Crippen LogP contribution in [0.2, 0.25) is 0 Å². The number of hydrogen-bond donors (Lipinski definition) is 2. The summed E-state index contributed by atoms with van der Waals surface area (Å²) in [6.45, 7) is 0.465. The van der Waals surface area contributed by atoms with Gasteiger partial charge in [-0.05, 0) is 25.3 Å². The first-order valence-corrected chi connectivity index (χ1v) is 7.80. The normalized spacial score (nSPS) is 19.8. The standard InChI is InChI=1S/C12H14F2N2O4S/c13-7-5-8(14)11(10(6-7)21(15,18)19)20-9-3-1-2-4-16-12(9)17/h5-6,9H,1-4H2,(H,16,17)(H2,15,18,19). The lowest BCUT2D eigenvalue weighted by molar-refractivity contribution is -0.127. The second-order valence-electron chi connectivity index (χ2n) is 4.65. The first kappa shape index (κ1) is 15.6. The average molecular weight is 320 g/mol. The van der Waals surface area contributed by atoms with Gasteiger partial charge in [0.2, 0.25) is 10.0 Å². The number of halogens is 2. The van der Waals surface area contributed by atoms with Gasteiger partial charge in [-0.25, -0.2) is 22.3 Å². The molecule has 0 aromatic heterocycles. The minimum atomic E-state index is -4.39. The maximum Gasteiger partial charge on any atom is 0.261 e. The largest absolute Gasteiger partial charge is 0.476 e. The summed E-state index contributed by atoms with van der Waals surface area (Å²) >= 11 is 0. The first-order chi connectivity index (χ1) is 9.79. The number of amides is 1. The van der Waals surface area contributed by atoms with E-state index in [0.29, 0.717) is 31.5 Å². The Morgan fingerprint density at radius 1 is 1.29 bits per heavy atom. The number of carbonyl (C=O) groups excluding carboxylic acids is 1. The van der Waals surface area contributed by atoms with E-state index in [-0.39, 0.29) is 0 Å². The quantitative estimate of drug-likeness (QED) is 0.854. The summed E-state index contributed by atoms with van der Waals surface area (Å²) < 4.78 is 55.0. The Hall–Kier alpha value is -1.74. The van der Waals surface area contributed by atoms with Gasteiger partial charge in [0.25, 0.3) is 5.91 Å². The molecule has 1 aromatic carbocycles.